The number of benzene rings is 2. The van der Waals surface area contributed by atoms with Crippen molar-refractivity contribution in [1.29, 1.82) is 0 Å². The molecule has 2 unspecified atom stereocenters. The number of rotatable bonds is 12. The van der Waals surface area contributed by atoms with Gasteiger partial charge in [0.05, 0.1) is 11.9 Å². The largest absolute Gasteiger partial charge is 0.352 e. The van der Waals surface area contributed by atoms with Crippen LogP contribution in [0.5, 0.6) is 0 Å². The summed E-state index contributed by atoms with van der Waals surface area (Å²) in [6, 6.07) is 11.5. The highest BCUT2D eigenvalue weighted by Gasteiger charge is 2.28. The molecule has 0 saturated carbocycles. The van der Waals surface area contributed by atoms with Crippen molar-refractivity contribution in [2.75, 3.05) is 17.1 Å². The van der Waals surface area contributed by atoms with Crippen molar-refractivity contribution in [3.8, 4) is 0 Å². The summed E-state index contributed by atoms with van der Waals surface area (Å²) < 4.78 is 26.3. The number of sulfonamides is 1. The van der Waals surface area contributed by atoms with Crippen LogP contribution in [0.2, 0.25) is 10.0 Å². The lowest BCUT2D eigenvalue weighted by Crippen LogP contribution is -2.49. The van der Waals surface area contributed by atoms with Gasteiger partial charge < -0.3 is 10.2 Å². The van der Waals surface area contributed by atoms with Crippen LogP contribution in [0, 0.1) is 6.92 Å². The van der Waals surface area contributed by atoms with Gasteiger partial charge in [0, 0.05) is 35.6 Å². The second-order valence-electron chi connectivity index (χ2n) is 8.98. The Morgan fingerprint density at radius 2 is 1.75 bits per heavy atom. The summed E-state index contributed by atoms with van der Waals surface area (Å²) in [5, 5.41) is 3.85. The first-order valence-corrected chi connectivity index (χ1v) is 14.5. The van der Waals surface area contributed by atoms with Crippen molar-refractivity contribution in [1.82, 2.24) is 10.2 Å². The molecule has 2 rings (SSSR count). The highest BCUT2D eigenvalue weighted by Crippen LogP contribution is 2.27. The summed E-state index contributed by atoms with van der Waals surface area (Å²) in [5.74, 6) is -0.518. The highest BCUT2D eigenvalue weighted by atomic mass is 35.5. The van der Waals surface area contributed by atoms with E-state index in [0.29, 0.717) is 15.7 Å². The van der Waals surface area contributed by atoms with Crippen LogP contribution in [0.25, 0.3) is 0 Å². The van der Waals surface area contributed by atoms with E-state index in [2.05, 4.69) is 5.32 Å². The Morgan fingerprint density at radius 3 is 2.36 bits per heavy atom. The third kappa shape index (κ3) is 8.39. The third-order valence-electron chi connectivity index (χ3n) is 6.06. The van der Waals surface area contributed by atoms with Crippen LogP contribution >= 0.6 is 23.2 Å². The molecule has 0 heterocycles. The summed E-state index contributed by atoms with van der Waals surface area (Å²) in [5.41, 5.74) is 1.96. The molecule has 2 amide bonds. The summed E-state index contributed by atoms with van der Waals surface area (Å²) in [6.07, 6.45) is 2.20. The van der Waals surface area contributed by atoms with Gasteiger partial charge in [0.2, 0.25) is 21.8 Å². The number of halogens is 2. The van der Waals surface area contributed by atoms with Crippen LogP contribution in [-0.4, -0.2) is 50.0 Å². The predicted molar refractivity (Wildman–Crippen MR) is 147 cm³/mol. The SMILES string of the molecule is CCC(C)NC(=O)C(C)N(Cc1ccccc1Cl)C(=O)CCCN(c1cc(Cl)ccc1C)S(C)(=O)=O. The summed E-state index contributed by atoms with van der Waals surface area (Å²) >= 11 is 12.4. The fraction of sp³-hybridized carbons (Fsp3) is 0.462. The number of amides is 2. The van der Waals surface area contributed by atoms with Gasteiger partial charge in [0.25, 0.3) is 0 Å². The predicted octanol–water partition coefficient (Wildman–Crippen LogP) is 5.18. The van der Waals surface area contributed by atoms with E-state index < -0.39 is 16.1 Å². The number of nitrogens with zero attached hydrogens (tertiary/aromatic N) is 2. The van der Waals surface area contributed by atoms with Crippen molar-refractivity contribution in [2.24, 2.45) is 0 Å². The molecule has 0 aliphatic rings. The van der Waals surface area contributed by atoms with Crippen LogP contribution in [0.4, 0.5) is 5.69 Å². The molecule has 1 N–H and O–H groups in total. The molecule has 198 valence electrons. The van der Waals surface area contributed by atoms with Gasteiger partial charge >= 0.3 is 0 Å². The molecule has 36 heavy (non-hydrogen) atoms. The van der Waals surface area contributed by atoms with Crippen LogP contribution in [0.3, 0.4) is 0 Å². The Labute approximate surface area is 224 Å². The van der Waals surface area contributed by atoms with Crippen LogP contribution < -0.4 is 9.62 Å². The van der Waals surface area contributed by atoms with E-state index in [1.54, 1.807) is 44.2 Å². The minimum atomic E-state index is -3.61. The summed E-state index contributed by atoms with van der Waals surface area (Å²) in [4.78, 5) is 27.7. The first-order chi connectivity index (χ1) is 16.8. The monoisotopic (exact) mass is 555 g/mol. The molecule has 2 atom stereocenters. The van der Waals surface area contributed by atoms with Gasteiger partial charge in [0.15, 0.2) is 0 Å². The molecular weight excluding hydrogens is 521 g/mol. The van der Waals surface area contributed by atoms with Gasteiger partial charge in [-0.3, -0.25) is 13.9 Å². The molecule has 0 bridgehead atoms. The van der Waals surface area contributed by atoms with Gasteiger partial charge in [-0.2, -0.15) is 0 Å². The van der Waals surface area contributed by atoms with E-state index in [4.69, 9.17) is 23.2 Å². The van der Waals surface area contributed by atoms with Gasteiger partial charge in [-0.15, -0.1) is 0 Å². The number of hydrogen-bond acceptors (Lipinski definition) is 4. The number of hydrogen-bond donors (Lipinski definition) is 1. The Hall–Kier alpha value is -2.29. The fourth-order valence-corrected chi connectivity index (χ4v) is 5.07. The summed E-state index contributed by atoms with van der Waals surface area (Å²) in [6.45, 7) is 7.62. The zero-order valence-electron chi connectivity index (χ0n) is 21.4. The molecule has 0 spiro atoms. The molecule has 7 nitrogen and oxygen atoms in total. The maximum atomic E-state index is 13.4. The topological polar surface area (TPSA) is 86.8 Å². The highest BCUT2D eigenvalue weighted by molar-refractivity contribution is 7.92. The Balaban J connectivity index is 2.22. The fourth-order valence-electron chi connectivity index (χ4n) is 3.69. The smallest absolute Gasteiger partial charge is 0.242 e. The minimum absolute atomic E-state index is 0.0264. The number of aryl methyl sites for hydroxylation is 1. The molecule has 0 saturated heterocycles. The van der Waals surface area contributed by atoms with E-state index >= 15 is 0 Å². The van der Waals surface area contributed by atoms with E-state index in [1.807, 2.05) is 26.0 Å². The zero-order valence-corrected chi connectivity index (χ0v) is 23.8. The van der Waals surface area contributed by atoms with Gasteiger partial charge in [-0.1, -0.05) is 54.4 Å². The van der Waals surface area contributed by atoms with Crippen LogP contribution in [-0.2, 0) is 26.2 Å². The Bertz CT molecular complexity index is 1170. The minimum Gasteiger partial charge on any atom is -0.352 e. The molecule has 0 aromatic heterocycles. The number of carbonyl (C=O) groups is 2. The Morgan fingerprint density at radius 1 is 1.08 bits per heavy atom. The van der Waals surface area contributed by atoms with Crippen LogP contribution in [0.15, 0.2) is 42.5 Å². The van der Waals surface area contributed by atoms with Crippen LogP contribution in [0.1, 0.15) is 51.2 Å². The molecule has 2 aromatic rings. The number of nitrogens with one attached hydrogen (secondary N) is 1. The molecule has 0 aliphatic heterocycles. The molecule has 10 heteroatoms. The molecule has 0 fully saturated rings. The van der Waals surface area contributed by atoms with E-state index in [1.165, 1.54) is 9.21 Å². The van der Waals surface area contributed by atoms with E-state index in [0.717, 1.165) is 23.8 Å². The molecular formula is C26H35Cl2N3O4S. The average molecular weight is 557 g/mol. The van der Waals surface area contributed by atoms with Crippen molar-refractivity contribution in [2.45, 2.75) is 65.6 Å². The normalized spacial score (nSPS) is 13.1. The maximum absolute atomic E-state index is 13.4. The lowest BCUT2D eigenvalue weighted by Gasteiger charge is -2.30. The maximum Gasteiger partial charge on any atom is 0.242 e. The first-order valence-electron chi connectivity index (χ1n) is 11.9. The average Bonchev–Trinajstić information content (AvgIpc) is 2.81. The quantitative estimate of drug-likeness (QED) is 0.391. The lowest BCUT2D eigenvalue weighted by molar-refractivity contribution is -0.140. The van der Waals surface area contributed by atoms with Gasteiger partial charge in [0.1, 0.15) is 6.04 Å². The van der Waals surface area contributed by atoms with Crippen molar-refractivity contribution >= 4 is 50.7 Å². The standard InChI is InChI=1S/C26H35Cl2N3O4S/c1-6-19(3)29-26(33)20(4)30(17-21-10-7-8-11-23(21)28)25(32)12-9-15-31(36(5,34)35)24-16-22(27)14-13-18(24)2/h7-8,10-11,13-14,16,19-20H,6,9,12,15,17H2,1-5H3,(H,29,33). The van der Waals surface area contributed by atoms with Crippen molar-refractivity contribution in [3.05, 3.63) is 63.6 Å². The second kappa shape index (κ2) is 13.3. The third-order valence-corrected chi connectivity index (χ3v) is 7.84. The van der Waals surface area contributed by atoms with E-state index in [9.17, 15) is 18.0 Å². The number of carbonyl (C=O) groups excluding carboxylic acids is 2. The first kappa shape index (κ1) is 29.9. The van der Waals surface area contributed by atoms with Crippen molar-refractivity contribution < 1.29 is 18.0 Å². The van der Waals surface area contributed by atoms with Gasteiger partial charge in [-0.25, -0.2) is 8.42 Å². The molecule has 0 aliphatic carbocycles. The Kier molecular flexibility index (Phi) is 11.1. The zero-order chi connectivity index (χ0) is 27.0. The van der Waals surface area contributed by atoms with Crippen molar-refractivity contribution in [3.63, 3.8) is 0 Å². The van der Waals surface area contributed by atoms with Gasteiger partial charge in [-0.05, 0) is 62.9 Å². The second-order valence-corrected chi connectivity index (χ2v) is 11.7. The lowest BCUT2D eigenvalue weighted by atomic mass is 10.1. The number of anilines is 1. The molecule has 2 aromatic carbocycles. The molecule has 0 radical (unpaired) electrons. The van der Waals surface area contributed by atoms with E-state index in [-0.39, 0.29) is 43.8 Å². The summed E-state index contributed by atoms with van der Waals surface area (Å²) in [7, 11) is -3.61.